The molecule has 3 nitrogen and oxygen atoms in total. The van der Waals surface area contributed by atoms with E-state index in [1.807, 2.05) is 13.0 Å². The second kappa shape index (κ2) is 7.46. The topological polar surface area (TPSA) is 38.5 Å². The highest BCUT2D eigenvalue weighted by Crippen LogP contribution is 2.29. The van der Waals surface area contributed by atoms with Crippen molar-refractivity contribution in [2.75, 3.05) is 25.2 Å². The van der Waals surface area contributed by atoms with Gasteiger partial charge in [0.15, 0.2) is 0 Å². The average Bonchev–Trinajstić information content (AvgIpc) is 2.38. The molecule has 1 rings (SSSR count). The summed E-state index contributed by atoms with van der Waals surface area (Å²) >= 11 is 0. The molecule has 2 atom stereocenters. The molecule has 1 unspecified atom stereocenters. The minimum Gasteiger partial charge on any atom is -0.383 e. The van der Waals surface area contributed by atoms with Crippen LogP contribution in [-0.4, -0.2) is 26.3 Å². The van der Waals surface area contributed by atoms with Crippen LogP contribution in [-0.2, 0) is 4.74 Å². The van der Waals surface area contributed by atoms with Crippen LogP contribution in [0.5, 0.6) is 0 Å². The summed E-state index contributed by atoms with van der Waals surface area (Å²) in [6.07, 6.45) is 0.985. The zero-order valence-corrected chi connectivity index (χ0v) is 12.3. The van der Waals surface area contributed by atoms with Crippen molar-refractivity contribution >= 4 is 5.69 Å². The third-order valence-electron chi connectivity index (χ3n) is 3.45. The van der Waals surface area contributed by atoms with Gasteiger partial charge in [-0.05, 0) is 32.4 Å². The maximum Gasteiger partial charge on any atom is 0.130 e. The second-order valence-electron chi connectivity index (χ2n) is 4.90. The molecule has 0 bridgehead atoms. The van der Waals surface area contributed by atoms with Gasteiger partial charge in [0.2, 0.25) is 0 Å². The average molecular weight is 268 g/mol. The lowest BCUT2D eigenvalue weighted by Gasteiger charge is -2.33. The molecule has 0 aliphatic rings. The Bertz CT molecular complexity index is 396. The van der Waals surface area contributed by atoms with E-state index in [1.54, 1.807) is 13.2 Å². The predicted octanol–water partition coefficient (Wildman–Crippen LogP) is 3.10. The number of hydrogen-bond donors (Lipinski definition) is 1. The summed E-state index contributed by atoms with van der Waals surface area (Å²) in [6, 6.07) is 5.12. The molecule has 1 aromatic rings. The number of rotatable bonds is 7. The maximum absolute atomic E-state index is 14.0. The first-order chi connectivity index (χ1) is 9.02. The molecule has 0 heterocycles. The van der Waals surface area contributed by atoms with Crippen LogP contribution in [0, 0.1) is 5.82 Å². The van der Waals surface area contributed by atoms with Crippen molar-refractivity contribution in [3.8, 4) is 0 Å². The fourth-order valence-corrected chi connectivity index (χ4v) is 2.22. The van der Waals surface area contributed by atoms with Crippen LogP contribution < -0.4 is 10.6 Å². The van der Waals surface area contributed by atoms with Gasteiger partial charge in [0, 0.05) is 37.0 Å². The summed E-state index contributed by atoms with van der Waals surface area (Å²) in [5.41, 5.74) is 7.38. The molecule has 0 spiro atoms. The first-order valence-corrected chi connectivity index (χ1v) is 6.82. The van der Waals surface area contributed by atoms with E-state index in [9.17, 15) is 4.39 Å². The van der Waals surface area contributed by atoms with Gasteiger partial charge in [0.1, 0.15) is 5.82 Å². The zero-order chi connectivity index (χ0) is 14.4. The molecule has 0 amide bonds. The van der Waals surface area contributed by atoms with Crippen molar-refractivity contribution in [3.05, 3.63) is 29.6 Å². The summed E-state index contributed by atoms with van der Waals surface area (Å²) in [5.74, 6) is -0.238. The van der Waals surface area contributed by atoms with E-state index in [0.29, 0.717) is 18.2 Å². The highest BCUT2D eigenvalue weighted by Gasteiger charge is 2.20. The van der Waals surface area contributed by atoms with Crippen molar-refractivity contribution in [2.45, 2.75) is 39.3 Å². The molecule has 0 aromatic heterocycles. The Labute approximate surface area is 115 Å². The summed E-state index contributed by atoms with van der Waals surface area (Å²) in [4.78, 5) is 2.17. The van der Waals surface area contributed by atoms with Crippen LogP contribution in [0.4, 0.5) is 10.1 Å². The molecule has 0 fully saturated rings. The van der Waals surface area contributed by atoms with E-state index >= 15 is 0 Å². The fourth-order valence-electron chi connectivity index (χ4n) is 2.22. The van der Waals surface area contributed by atoms with Crippen molar-refractivity contribution < 1.29 is 9.13 Å². The van der Waals surface area contributed by atoms with Crippen molar-refractivity contribution in [1.82, 2.24) is 0 Å². The van der Waals surface area contributed by atoms with Crippen molar-refractivity contribution in [1.29, 1.82) is 0 Å². The lowest BCUT2D eigenvalue weighted by molar-refractivity contribution is 0.203. The largest absolute Gasteiger partial charge is 0.383 e. The molecule has 0 saturated heterocycles. The van der Waals surface area contributed by atoms with Crippen LogP contribution in [0.15, 0.2) is 18.2 Å². The van der Waals surface area contributed by atoms with Crippen LogP contribution in [0.25, 0.3) is 0 Å². The van der Waals surface area contributed by atoms with Crippen molar-refractivity contribution in [3.63, 3.8) is 0 Å². The molecule has 0 saturated carbocycles. The third kappa shape index (κ3) is 3.91. The van der Waals surface area contributed by atoms with E-state index in [0.717, 1.165) is 18.7 Å². The van der Waals surface area contributed by atoms with E-state index in [4.69, 9.17) is 10.5 Å². The SMILES string of the molecule is CCC(C)N(CCOC)c1cccc(F)c1[C@H](C)N. The van der Waals surface area contributed by atoms with Crippen LogP contribution in [0.3, 0.4) is 0 Å². The van der Waals surface area contributed by atoms with Gasteiger partial charge in [-0.1, -0.05) is 13.0 Å². The molecule has 0 aliphatic carbocycles. The quantitative estimate of drug-likeness (QED) is 0.826. The number of hydrogen-bond acceptors (Lipinski definition) is 3. The summed E-state index contributed by atoms with van der Waals surface area (Å²) in [6.45, 7) is 7.40. The van der Waals surface area contributed by atoms with Gasteiger partial charge in [-0.2, -0.15) is 0 Å². The van der Waals surface area contributed by atoms with E-state index in [2.05, 4.69) is 18.7 Å². The summed E-state index contributed by atoms with van der Waals surface area (Å²) in [7, 11) is 1.67. The molecular weight excluding hydrogens is 243 g/mol. The number of benzene rings is 1. The van der Waals surface area contributed by atoms with Gasteiger partial charge in [-0.15, -0.1) is 0 Å². The highest BCUT2D eigenvalue weighted by molar-refractivity contribution is 5.56. The Kier molecular flexibility index (Phi) is 6.25. The Hall–Kier alpha value is -1.13. The van der Waals surface area contributed by atoms with Gasteiger partial charge < -0.3 is 15.4 Å². The van der Waals surface area contributed by atoms with Crippen LogP contribution in [0.1, 0.15) is 38.8 Å². The second-order valence-corrected chi connectivity index (χ2v) is 4.90. The van der Waals surface area contributed by atoms with E-state index < -0.39 is 0 Å². The number of anilines is 1. The lowest BCUT2D eigenvalue weighted by Crippen LogP contribution is -2.36. The van der Waals surface area contributed by atoms with Crippen LogP contribution in [0.2, 0.25) is 0 Å². The van der Waals surface area contributed by atoms with Gasteiger partial charge >= 0.3 is 0 Å². The first kappa shape index (κ1) is 15.9. The standard InChI is InChI=1S/C15H25FN2O/c1-5-11(2)18(9-10-19-4)14-8-6-7-13(16)15(14)12(3)17/h6-8,11-12H,5,9-10,17H2,1-4H3/t11?,12-/m0/s1. The number of ether oxygens (including phenoxy) is 1. The van der Waals surface area contributed by atoms with Gasteiger partial charge in [-0.25, -0.2) is 4.39 Å². The maximum atomic E-state index is 14.0. The molecule has 108 valence electrons. The summed E-state index contributed by atoms with van der Waals surface area (Å²) < 4.78 is 19.2. The molecule has 0 aliphatic heterocycles. The van der Waals surface area contributed by atoms with Gasteiger partial charge in [0.05, 0.1) is 6.61 Å². The molecule has 2 N–H and O–H groups in total. The summed E-state index contributed by atoms with van der Waals surface area (Å²) in [5, 5.41) is 0. The third-order valence-corrected chi connectivity index (χ3v) is 3.45. The minimum absolute atomic E-state index is 0.238. The van der Waals surface area contributed by atoms with Gasteiger partial charge in [-0.3, -0.25) is 0 Å². The predicted molar refractivity (Wildman–Crippen MR) is 78.0 cm³/mol. The molecule has 1 aromatic carbocycles. The number of halogens is 1. The molecule has 19 heavy (non-hydrogen) atoms. The number of nitrogens with zero attached hydrogens (tertiary/aromatic N) is 1. The Morgan fingerprint density at radius 1 is 1.37 bits per heavy atom. The van der Waals surface area contributed by atoms with Gasteiger partial charge in [0.25, 0.3) is 0 Å². The minimum atomic E-state index is -0.328. The molecular formula is C15H25FN2O. The molecule has 4 heteroatoms. The normalized spacial score (nSPS) is 14.2. The monoisotopic (exact) mass is 268 g/mol. The Morgan fingerprint density at radius 2 is 2.05 bits per heavy atom. The molecule has 0 radical (unpaired) electrons. The zero-order valence-electron chi connectivity index (χ0n) is 12.3. The Morgan fingerprint density at radius 3 is 2.58 bits per heavy atom. The number of methoxy groups -OCH3 is 1. The highest BCUT2D eigenvalue weighted by atomic mass is 19.1. The van der Waals surface area contributed by atoms with Crippen molar-refractivity contribution in [2.24, 2.45) is 5.73 Å². The smallest absolute Gasteiger partial charge is 0.130 e. The van der Waals surface area contributed by atoms with Crippen LogP contribution >= 0.6 is 0 Å². The Balaban J connectivity index is 3.17. The fraction of sp³-hybridized carbons (Fsp3) is 0.600. The first-order valence-electron chi connectivity index (χ1n) is 6.82. The van der Waals surface area contributed by atoms with E-state index in [1.165, 1.54) is 6.07 Å². The lowest BCUT2D eigenvalue weighted by atomic mass is 10.0. The van der Waals surface area contributed by atoms with E-state index in [-0.39, 0.29) is 11.9 Å². The number of nitrogens with two attached hydrogens (primary N) is 1.